The Morgan fingerprint density at radius 2 is 0.821 bits per heavy atom. The lowest BCUT2D eigenvalue weighted by atomic mass is 10.0. The van der Waals surface area contributed by atoms with Gasteiger partial charge in [0.25, 0.3) is 0 Å². The molecule has 4 heteroatoms. The molecule has 0 aliphatic heterocycles. The Hall–Kier alpha value is -3.60. The molecule has 4 aromatic rings. The minimum atomic E-state index is -0.407. The highest BCUT2D eigenvalue weighted by Gasteiger charge is 1.98. The summed E-state index contributed by atoms with van der Waals surface area (Å²) >= 11 is 0. The molecular weight excluding hydrogens is 484 g/mol. The molecule has 0 spiro atoms. The number of benzene rings is 4. The zero-order valence-electron chi connectivity index (χ0n) is 23.1. The second-order valence-corrected chi connectivity index (χ2v) is 9.05. The quantitative estimate of drug-likeness (QED) is 0.230. The first-order chi connectivity index (χ1) is 18.4. The molecule has 4 rings (SSSR count). The summed E-state index contributed by atoms with van der Waals surface area (Å²) in [5.41, 5.74) is 5.41. The summed E-state index contributed by atoms with van der Waals surface area (Å²) in [5, 5.41) is 17.8. The molecule has 2 atom stereocenters. The fraction of sp³-hybridized carbons (Fsp3) is 0.314. The van der Waals surface area contributed by atoms with Gasteiger partial charge in [-0.15, -0.1) is 0 Å². The van der Waals surface area contributed by atoms with Gasteiger partial charge in [0.2, 0.25) is 0 Å². The standard InChI is InChI=1S/C16H18.2C9H12O2.CH4/c1-3-13-5-9-15(10-6-13)16-11-7-14(4-2)8-12-16;2*1-8(10)7-11-9-5-3-2-4-6-9;/h5-12H,3-4H2,1-2H3;2*2-6,8,10H,7H2,1H3;1H4. The third-order valence-corrected chi connectivity index (χ3v) is 5.53. The van der Waals surface area contributed by atoms with Crippen LogP contribution in [0.15, 0.2) is 109 Å². The molecule has 0 saturated carbocycles. The number of rotatable bonds is 9. The van der Waals surface area contributed by atoms with Gasteiger partial charge in [0.1, 0.15) is 24.7 Å². The molecule has 0 aliphatic carbocycles. The molecule has 2 N–H and O–H groups in total. The van der Waals surface area contributed by atoms with E-state index in [4.69, 9.17) is 19.7 Å². The highest BCUT2D eigenvalue weighted by atomic mass is 16.5. The van der Waals surface area contributed by atoms with Crippen molar-refractivity contribution < 1.29 is 19.7 Å². The minimum absolute atomic E-state index is 0. The van der Waals surface area contributed by atoms with E-state index in [1.54, 1.807) is 13.8 Å². The van der Waals surface area contributed by atoms with Crippen LogP contribution < -0.4 is 9.47 Å². The number of para-hydroxylation sites is 2. The summed E-state index contributed by atoms with van der Waals surface area (Å²) in [4.78, 5) is 0. The monoisotopic (exact) mass is 530 g/mol. The Bertz CT molecular complexity index is 1010. The van der Waals surface area contributed by atoms with Crippen molar-refractivity contribution in [1.29, 1.82) is 0 Å². The summed E-state index contributed by atoms with van der Waals surface area (Å²) in [6.07, 6.45) is 1.40. The van der Waals surface area contributed by atoms with Gasteiger partial charge in [-0.1, -0.05) is 106 Å². The average Bonchev–Trinajstić information content (AvgIpc) is 2.97. The largest absolute Gasteiger partial charge is 0.491 e. The number of aliphatic hydroxyl groups excluding tert-OH is 2. The van der Waals surface area contributed by atoms with Gasteiger partial charge in [-0.3, -0.25) is 0 Å². The van der Waals surface area contributed by atoms with E-state index in [9.17, 15) is 0 Å². The van der Waals surface area contributed by atoms with Gasteiger partial charge in [0.15, 0.2) is 0 Å². The van der Waals surface area contributed by atoms with Crippen LogP contribution in [0.1, 0.15) is 46.2 Å². The molecule has 0 saturated heterocycles. The molecule has 0 heterocycles. The molecule has 4 aromatic carbocycles. The third kappa shape index (κ3) is 14.2. The van der Waals surface area contributed by atoms with Gasteiger partial charge < -0.3 is 19.7 Å². The van der Waals surface area contributed by atoms with E-state index in [2.05, 4.69) is 62.4 Å². The van der Waals surface area contributed by atoms with Crippen LogP contribution in [0.5, 0.6) is 11.5 Å². The van der Waals surface area contributed by atoms with E-state index < -0.39 is 12.2 Å². The van der Waals surface area contributed by atoms with Crippen molar-refractivity contribution in [3.05, 3.63) is 120 Å². The molecule has 0 radical (unpaired) electrons. The summed E-state index contributed by atoms with van der Waals surface area (Å²) in [5.74, 6) is 1.60. The molecule has 0 amide bonds. The molecule has 4 nitrogen and oxygen atoms in total. The fourth-order valence-corrected chi connectivity index (χ4v) is 3.33. The SMILES string of the molecule is C.CC(O)COc1ccccc1.CC(O)COc1ccccc1.CCc1ccc(-c2ccc(CC)cc2)cc1. The average molecular weight is 531 g/mol. The van der Waals surface area contributed by atoms with Gasteiger partial charge in [0, 0.05) is 0 Å². The van der Waals surface area contributed by atoms with Crippen LogP contribution in [-0.4, -0.2) is 35.6 Å². The highest BCUT2D eigenvalue weighted by molar-refractivity contribution is 5.63. The number of aryl methyl sites for hydroxylation is 2. The van der Waals surface area contributed by atoms with Gasteiger partial charge in [-0.25, -0.2) is 0 Å². The highest BCUT2D eigenvalue weighted by Crippen LogP contribution is 2.20. The van der Waals surface area contributed by atoms with Crippen LogP contribution in [0, 0.1) is 0 Å². The third-order valence-electron chi connectivity index (χ3n) is 5.53. The summed E-state index contributed by atoms with van der Waals surface area (Å²) in [6, 6.07) is 36.6. The van der Waals surface area contributed by atoms with E-state index in [0.29, 0.717) is 13.2 Å². The Morgan fingerprint density at radius 3 is 1.08 bits per heavy atom. The lowest BCUT2D eigenvalue weighted by Crippen LogP contribution is -2.12. The molecule has 0 fully saturated rings. The Kier molecular flexibility index (Phi) is 16.7. The summed E-state index contributed by atoms with van der Waals surface area (Å²) < 4.78 is 10.4. The zero-order chi connectivity index (χ0) is 27.6. The second kappa shape index (κ2) is 19.5. The van der Waals surface area contributed by atoms with Crippen molar-refractivity contribution in [2.75, 3.05) is 13.2 Å². The normalized spacial score (nSPS) is 11.3. The molecular formula is C35H46O4. The first-order valence-corrected chi connectivity index (χ1v) is 13.3. The lowest BCUT2D eigenvalue weighted by molar-refractivity contribution is 0.122. The maximum Gasteiger partial charge on any atom is 0.119 e. The first-order valence-electron chi connectivity index (χ1n) is 13.3. The minimum Gasteiger partial charge on any atom is -0.491 e. The Labute approximate surface area is 235 Å². The van der Waals surface area contributed by atoms with Crippen LogP contribution in [0.3, 0.4) is 0 Å². The molecule has 39 heavy (non-hydrogen) atoms. The van der Waals surface area contributed by atoms with Crippen molar-refractivity contribution in [3.63, 3.8) is 0 Å². The fourth-order valence-electron chi connectivity index (χ4n) is 3.33. The molecule has 0 bridgehead atoms. The van der Waals surface area contributed by atoms with E-state index in [-0.39, 0.29) is 7.43 Å². The van der Waals surface area contributed by atoms with E-state index in [0.717, 1.165) is 24.3 Å². The summed E-state index contributed by atoms with van der Waals surface area (Å²) in [6.45, 7) is 8.47. The van der Waals surface area contributed by atoms with Crippen molar-refractivity contribution in [2.24, 2.45) is 0 Å². The molecule has 210 valence electrons. The zero-order valence-corrected chi connectivity index (χ0v) is 23.1. The van der Waals surface area contributed by atoms with Gasteiger partial charge >= 0.3 is 0 Å². The van der Waals surface area contributed by atoms with Crippen molar-refractivity contribution >= 4 is 0 Å². The van der Waals surface area contributed by atoms with Crippen molar-refractivity contribution in [2.45, 2.75) is 60.2 Å². The number of ether oxygens (including phenoxy) is 2. The van der Waals surface area contributed by atoms with Crippen LogP contribution in [0.2, 0.25) is 0 Å². The Balaban J connectivity index is 0.000000297. The van der Waals surface area contributed by atoms with E-state index >= 15 is 0 Å². The van der Waals surface area contributed by atoms with Gasteiger partial charge in [-0.2, -0.15) is 0 Å². The number of aliphatic hydroxyl groups is 2. The maximum absolute atomic E-state index is 8.89. The van der Waals surface area contributed by atoms with E-state index in [1.165, 1.54) is 22.3 Å². The van der Waals surface area contributed by atoms with Gasteiger partial charge in [0.05, 0.1) is 12.2 Å². The topological polar surface area (TPSA) is 58.9 Å². The maximum atomic E-state index is 8.89. The van der Waals surface area contributed by atoms with Gasteiger partial charge in [-0.05, 0) is 73.2 Å². The van der Waals surface area contributed by atoms with Crippen molar-refractivity contribution in [3.8, 4) is 22.6 Å². The number of hydrogen-bond donors (Lipinski definition) is 2. The van der Waals surface area contributed by atoms with Crippen molar-refractivity contribution in [1.82, 2.24) is 0 Å². The van der Waals surface area contributed by atoms with E-state index in [1.807, 2.05) is 60.7 Å². The van der Waals surface area contributed by atoms with Crippen LogP contribution in [-0.2, 0) is 12.8 Å². The van der Waals surface area contributed by atoms with Crippen LogP contribution in [0.4, 0.5) is 0 Å². The predicted octanol–water partition coefficient (Wildman–Crippen LogP) is 8.01. The molecule has 0 aromatic heterocycles. The predicted molar refractivity (Wildman–Crippen MR) is 165 cm³/mol. The first kappa shape index (κ1) is 33.4. The smallest absolute Gasteiger partial charge is 0.119 e. The van der Waals surface area contributed by atoms with Crippen LogP contribution in [0.25, 0.3) is 11.1 Å². The van der Waals surface area contributed by atoms with Crippen LogP contribution >= 0.6 is 0 Å². The lowest BCUT2D eigenvalue weighted by Gasteiger charge is -2.06. The second-order valence-electron chi connectivity index (χ2n) is 9.05. The molecule has 0 aliphatic rings. The molecule has 2 unspecified atom stereocenters. The Morgan fingerprint density at radius 1 is 0.513 bits per heavy atom. The summed E-state index contributed by atoms with van der Waals surface area (Å²) in [7, 11) is 0. The number of hydrogen-bond acceptors (Lipinski definition) is 4.